The maximum atomic E-state index is 7.32. The van der Waals surface area contributed by atoms with Gasteiger partial charge in [0.15, 0.2) is 0 Å². The summed E-state index contributed by atoms with van der Waals surface area (Å²) in [5.74, 6) is 1.02. The summed E-state index contributed by atoms with van der Waals surface area (Å²) in [7, 11) is 0. The van der Waals surface area contributed by atoms with Crippen LogP contribution >= 0.6 is 0 Å². The fourth-order valence-electron chi connectivity index (χ4n) is 1.18. The van der Waals surface area contributed by atoms with Crippen LogP contribution in [-0.4, -0.2) is 9.97 Å². The van der Waals surface area contributed by atoms with Crippen molar-refractivity contribution in [1.82, 2.24) is 9.97 Å². The van der Waals surface area contributed by atoms with Gasteiger partial charge < -0.3 is 4.98 Å². The van der Waals surface area contributed by atoms with Crippen LogP contribution in [0.1, 0.15) is 18.3 Å². The zero-order chi connectivity index (χ0) is 10.9. The van der Waals surface area contributed by atoms with Crippen molar-refractivity contribution in [1.29, 1.82) is 5.26 Å². The van der Waals surface area contributed by atoms with Crippen LogP contribution in [0.25, 0.3) is 0 Å². The van der Waals surface area contributed by atoms with Crippen molar-refractivity contribution in [2.24, 2.45) is 0 Å². The van der Waals surface area contributed by atoms with Gasteiger partial charge in [0, 0.05) is 25.7 Å². The maximum absolute atomic E-state index is 7.32. The Morgan fingerprint density at radius 1 is 1.33 bits per heavy atom. The van der Waals surface area contributed by atoms with Crippen molar-refractivity contribution in [3.8, 4) is 6.07 Å². The summed E-state index contributed by atoms with van der Waals surface area (Å²) < 4.78 is 0. The summed E-state index contributed by atoms with van der Waals surface area (Å²) in [6.07, 6.45) is 4.50. The van der Waals surface area contributed by atoms with Crippen molar-refractivity contribution in [3.63, 3.8) is 0 Å². The van der Waals surface area contributed by atoms with Gasteiger partial charge >= 0.3 is 0 Å². The lowest BCUT2D eigenvalue weighted by molar-refractivity contribution is 1.03. The average molecular weight is 199 g/mol. The van der Waals surface area contributed by atoms with Crippen LogP contribution in [0.4, 0.5) is 0 Å². The Balaban J connectivity index is 0.000000337. The van der Waals surface area contributed by atoms with E-state index in [1.807, 2.05) is 24.4 Å². The fourth-order valence-corrected chi connectivity index (χ4v) is 1.18. The van der Waals surface area contributed by atoms with Gasteiger partial charge in [0.2, 0.25) is 0 Å². The molecule has 1 N–H and O–H groups in total. The second-order valence-corrected chi connectivity index (χ2v) is 2.92. The minimum atomic E-state index is 0.883. The van der Waals surface area contributed by atoms with Crippen molar-refractivity contribution in [2.45, 2.75) is 13.3 Å². The zero-order valence-electron chi connectivity index (χ0n) is 8.64. The minimum absolute atomic E-state index is 0.883. The molecule has 15 heavy (non-hydrogen) atoms. The van der Waals surface area contributed by atoms with E-state index in [4.69, 9.17) is 5.26 Å². The van der Waals surface area contributed by atoms with Crippen LogP contribution < -0.4 is 0 Å². The molecule has 0 aliphatic rings. The van der Waals surface area contributed by atoms with E-state index in [0.717, 1.165) is 12.2 Å². The Bertz CT molecular complexity index is 398. The number of H-pyrrole nitrogens is 1. The highest BCUT2D eigenvalue weighted by atomic mass is 14.9. The van der Waals surface area contributed by atoms with Crippen molar-refractivity contribution < 1.29 is 0 Å². The molecule has 0 amide bonds. The lowest BCUT2D eigenvalue weighted by Crippen LogP contribution is -1.89. The highest BCUT2D eigenvalue weighted by Gasteiger charge is 1.95. The third-order valence-electron chi connectivity index (χ3n) is 1.77. The van der Waals surface area contributed by atoms with Crippen LogP contribution in [0, 0.1) is 11.3 Å². The number of rotatable bonds is 2. The van der Waals surface area contributed by atoms with Crippen molar-refractivity contribution >= 4 is 0 Å². The molecular weight excluding hydrogens is 186 g/mol. The molecule has 0 saturated carbocycles. The molecular formula is C12H13N3. The van der Waals surface area contributed by atoms with Gasteiger partial charge in [-0.3, -0.25) is 0 Å². The number of nitrogens with one attached hydrogen (secondary N) is 1. The zero-order valence-corrected chi connectivity index (χ0v) is 8.64. The number of benzene rings is 1. The normalized spacial score (nSPS) is 8.53. The van der Waals surface area contributed by atoms with Gasteiger partial charge in [-0.15, -0.1) is 0 Å². The molecule has 2 aromatic rings. The van der Waals surface area contributed by atoms with Gasteiger partial charge in [0.05, 0.1) is 6.07 Å². The largest absolute Gasteiger partial charge is 0.348 e. The Morgan fingerprint density at radius 2 is 2.00 bits per heavy atom. The molecule has 1 aromatic heterocycles. The summed E-state index contributed by atoms with van der Waals surface area (Å²) in [4.78, 5) is 7.23. The first-order valence-electron chi connectivity index (χ1n) is 4.70. The molecule has 0 bridgehead atoms. The Labute approximate surface area is 89.4 Å². The van der Waals surface area contributed by atoms with E-state index in [-0.39, 0.29) is 0 Å². The number of aromatic nitrogens is 2. The highest BCUT2D eigenvalue weighted by Crippen LogP contribution is 2.03. The van der Waals surface area contributed by atoms with Gasteiger partial charge in [0.25, 0.3) is 0 Å². The van der Waals surface area contributed by atoms with Crippen LogP contribution in [0.2, 0.25) is 0 Å². The van der Waals surface area contributed by atoms with Gasteiger partial charge in [-0.1, -0.05) is 30.3 Å². The quantitative estimate of drug-likeness (QED) is 0.808. The summed E-state index contributed by atoms with van der Waals surface area (Å²) >= 11 is 0. The second-order valence-electron chi connectivity index (χ2n) is 2.92. The first-order chi connectivity index (χ1) is 7.36. The molecule has 1 aromatic carbocycles. The smallest absolute Gasteiger partial charge is 0.110 e. The third-order valence-corrected chi connectivity index (χ3v) is 1.77. The molecule has 0 radical (unpaired) electrons. The Hall–Kier alpha value is -2.08. The van der Waals surface area contributed by atoms with E-state index in [9.17, 15) is 0 Å². The summed E-state index contributed by atoms with van der Waals surface area (Å²) in [6, 6.07) is 12.0. The van der Waals surface area contributed by atoms with Gasteiger partial charge in [0.1, 0.15) is 5.82 Å². The SMILES string of the molecule is CC#N.c1ccc(Cc2ncc[nH]2)cc1. The minimum Gasteiger partial charge on any atom is -0.348 e. The lowest BCUT2D eigenvalue weighted by Gasteiger charge is -1.95. The fraction of sp³-hybridized carbons (Fsp3) is 0.167. The van der Waals surface area contributed by atoms with E-state index < -0.39 is 0 Å². The molecule has 3 nitrogen and oxygen atoms in total. The van der Waals surface area contributed by atoms with Crippen LogP contribution in [0.5, 0.6) is 0 Å². The summed E-state index contributed by atoms with van der Waals surface area (Å²) in [5.41, 5.74) is 1.28. The molecule has 76 valence electrons. The van der Waals surface area contributed by atoms with Crippen LogP contribution in [-0.2, 0) is 6.42 Å². The van der Waals surface area contributed by atoms with E-state index in [1.165, 1.54) is 12.5 Å². The average Bonchev–Trinajstić information content (AvgIpc) is 2.73. The second kappa shape index (κ2) is 6.39. The van der Waals surface area contributed by atoms with Crippen LogP contribution in [0.3, 0.4) is 0 Å². The number of nitriles is 1. The molecule has 0 aliphatic heterocycles. The molecule has 0 spiro atoms. The summed E-state index contributed by atoms with van der Waals surface area (Å²) in [5, 5.41) is 7.32. The van der Waals surface area contributed by atoms with E-state index in [2.05, 4.69) is 22.1 Å². The topological polar surface area (TPSA) is 52.5 Å². The van der Waals surface area contributed by atoms with Crippen molar-refractivity contribution in [3.05, 3.63) is 54.1 Å². The molecule has 2 rings (SSSR count). The first-order valence-corrected chi connectivity index (χ1v) is 4.70. The van der Waals surface area contributed by atoms with E-state index in [0.29, 0.717) is 0 Å². The van der Waals surface area contributed by atoms with Gasteiger partial charge in [-0.25, -0.2) is 4.98 Å². The molecule has 3 heteroatoms. The van der Waals surface area contributed by atoms with Gasteiger partial charge in [-0.2, -0.15) is 5.26 Å². The maximum Gasteiger partial charge on any atom is 0.110 e. The number of hydrogen-bond donors (Lipinski definition) is 1. The number of aromatic amines is 1. The predicted octanol–water partition coefficient (Wildman–Crippen LogP) is 2.53. The standard InChI is InChI=1S/C10H10N2.C2H3N/c1-2-4-9(5-3-1)8-10-11-6-7-12-10;1-2-3/h1-7H,8H2,(H,11,12);1H3. The van der Waals surface area contributed by atoms with Crippen molar-refractivity contribution in [2.75, 3.05) is 0 Å². The molecule has 0 aliphatic carbocycles. The third kappa shape index (κ3) is 4.10. The van der Waals surface area contributed by atoms with E-state index in [1.54, 1.807) is 12.3 Å². The monoisotopic (exact) mass is 199 g/mol. The van der Waals surface area contributed by atoms with Gasteiger partial charge in [-0.05, 0) is 5.56 Å². The lowest BCUT2D eigenvalue weighted by atomic mass is 10.1. The molecule has 0 atom stereocenters. The summed E-state index contributed by atoms with van der Waals surface area (Å²) in [6.45, 7) is 1.43. The number of nitrogens with zero attached hydrogens (tertiary/aromatic N) is 2. The Morgan fingerprint density at radius 3 is 2.53 bits per heavy atom. The number of hydrogen-bond acceptors (Lipinski definition) is 2. The Kier molecular flexibility index (Phi) is 4.68. The predicted molar refractivity (Wildman–Crippen MR) is 59.1 cm³/mol. The molecule has 1 heterocycles. The molecule has 0 unspecified atom stereocenters. The highest BCUT2D eigenvalue weighted by molar-refractivity contribution is 5.18. The first kappa shape index (κ1) is 11.0. The molecule has 0 saturated heterocycles. The van der Waals surface area contributed by atoms with E-state index >= 15 is 0 Å². The molecule has 0 fully saturated rings. The van der Waals surface area contributed by atoms with Crippen LogP contribution in [0.15, 0.2) is 42.7 Å². The number of imidazole rings is 1.